The summed E-state index contributed by atoms with van der Waals surface area (Å²) >= 11 is 1.40. The van der Waals surface area contributed by atoms with E-state index in [0.29, 0.717) is 30.9 Å². The molecule has 0 aliphatic carbocycles. The molecular formula is C17H20N2O2S. The minimum atomic E-state index is -0.117. The smallest absolute Gasteiger partial charge is 0.261 e. The third-order valence-corrected chi connectivity index (χ3v) is 4.19. The number of rotatable bonds is 7. The predicted octanol–water partition coefficient (Wildman–Crippen LogP) is 2.92. The molecule has 0 aliphatic heterocycles. The van der Waals surface area contributed by atoms with Gasteiger partial charge < -0.3 is 10.2 Å². The van der Waals surface area contributed by atoms with Crippen molar-refractivity contribution < 1.29 is 9.59 Å². The molecule has 5 heteroatoms. The lowest BCUT2D eigenvalue weighted by Crippen LogP contribution is -2.34. The number of carbonyl (C=O) groups is 2. The molecule has 0 saturated carbocycles. The van der Waals surface area contributed by atoms with Gasteiger partial charge in [-0.3, -0.25) is 9.59 Å². The van der Waals surface area contributed by atoms with Crippen molar-refractivity contribution in [3.8, 4) is 0 Å². The Morgan fingerprint density at radius 3 is 2.55 bits per heavy atom. The molecule has 1 aromatic heterocycles. The predicted molar refractivity (Wildman–Crippen MR) is 88.8 cm³/mol. The van der Waals surface area contributed by atoms with Crippen LogP contribution in [0.25, 0.3) is 0 Å². The van der Waals surface area contributed by atoms with Gasteiger partial charge in [0.1, 0.15) is 0 Å². The Hall–Kier alpha value is -2.14. The van der Waals surface area contributed by atoms with Gasteiger partial charge in [-0.05, 0) is 23.9 Å². The maximum Gasteiger partial charge on any atom is 0.261 e. The van der Waals surface area contributed by atoms with Crippen LogP contribution >= 0.6 is 11.3 Å². The molecular weight excluding hydrogens is 296 g/mol. The van der Waals surface area contributed by atoms with Crippen LogP contribution in [0.15, 0.2) is 47.8 Å². The van der Waals surface area contributed by atoms with Crippen LogP contribution in [-0.2, 0) is 11.3 Å². The molecule has 2 amide bonds. The van der Waals surface area contributed by atoms with Crippen molar-refractivity contribution in [1.29, 1.82) is 0 Å². The molecule has 0 spiro atoms. The first-order chi connectivity index (χ1) is 10.7. The van der Waals surface area contributed by atoms with Gasteiger partial charge in [0, 0.05) is 26.1 Å². The number of amides is 2. The van der Waals surface area contributed by atoms with Crippen LogP contribution < -0.4 is 5.32 Å². The van der Waals surface area contributed by atoms with Crippen LogP contribution in [0.3, 0.4) is 0 Å². The van der Waals surface area contributed by atoms with Crippen molar-refractivity contribution in [3.63, 3.8) is 0 Å². The summed E-state index contributed by atoms with van der Waals surface area (Å²) in [4.78, 5) is 26.5. The molecule has 0 unspecified atom stereocenters. The Labute approximate surface area is 134 Å². The van der Waals surface area contributed by atoms with E-state index in [-0.39, 0.29) is 11.8 Å². The molecule has 116 valence electrons. The van der Waals surface area contributed by atoms with Crippen LogP contribution in [0.1, 0.15) is 28.6 Å². The first kappa shape index (κ1) is 16.2. The standard InChI is InChI=1S/C17H20N2O2S/c1-2-19(13-14-7-4-3-5-8-14)16(20)10-11-18-17(21)15-9-6-12-22-15/h3-9,12H,2,10-11,13H2,1H3,(H,18,21). The Morgan fingerprint density at radius 1 is 1.14 bits per heavy atom. The molecule has 0 fully saturated rings. The summed E-state index contributed by atoms with van der Waals surface area (Å²) < 4.78 is 0. The number of benzene rings is 1. The summed E-state index contributed by atoms with van der Waals surface area (Å²) in [6.45, 7) is 3.59. The van der Waals surface area contributed by atoms with E-state index >= 15 is 0 Å². The summed E-state index contributed by atoms with van der Waals surface area (Å²) in [7, 11) is 0. The van der Waals surface area contributed by atoms with E-state index in [9.17, 15) is 9.59 Å². The monoisotopic (exact) mass is 316 g/mol. The van der Waals surface area contributed by atoms with Gasteiger partial charge in [-0.25, -0.2) is 0 Å². The first-order valence-corrected chi connectivity index (χ1v) is 8.22. The van der Waals surface area contributed by atoms with Crippen molar-refractivity contribution in [1.82, 2.24) is 10.2 Å². The zero-order chi connectivity index (χ0) is 15.8. The Bertz CT molecular complexity index is 596. The van der Waals surface area contributed by atoms with Gasteiger partial charge in [0.15, 0.2) is 0 Å². The van der Waals surface area contributed by atoms with E-state index in [2.05, 4.69) is 5.32 Å². The van der Waals surface area contributed by atoms with E-state index in [1.165, 1.54) is 11.3 Å². The number of carbonyl (C=O) groups excluding carboxylic acids is 2. The molecule has 1 heterocycles. The van der Waals surface area contributed by atoms with Gasteiger partial charge in [0.2, 0.25) is 5.91 Å². The maximum atomic E-state index is 12.2. The third-order valence-electron chi connectivity index (χ3n) is 3.32. The highest BCUT2D eigenvalue weighted by Gasteiger charge is 2.13. The summed E-state index contributed by atoms with van der Waals surface area (Å²) in [6, 6.07) is 13.5. The summed E-state index contributed by atoms with van der Waals surface area (Å²) in [5.74, 6) is -0.0632. The van der Waals surface area contributed by atoms with Crippen LogP contribution in [0.4, 0.5) is 0 Å². The van der Waals surface area contributed by atoms with Crippen LogP contribution in [0.5, 0.6) is 0 Å². The molecule has 2 aromatic rings. The van der Waals surface area contributed by atoms with Gasteiger partial charge in [0.05, 0.1) is 4.88 Å². The number of thiophene rings is 1. The lowest BCUT2D eigenvalue weighted by Gasteiger charge is -2.21. The molecule has 1 aromatic carbocycles. The quantitative estimate of drug-likeness (QED) is 0.854. The molecule has 0 saturated heterocycles. The molecule has 0 bridgehead atoms. The highest BCUT2D eigenvalue weighted by molar-refractivity contribution is 7.12. The van der Waals surface area contributed by atoms with Gasteiger partial charge in [-0.2, -0.15) is 0 Å². The van der Waals surface area contributed by atoms with Crippen molar-refractivity contribution >= 4 is 23.2 Å². The van der Waals surface area contributed by atoms with E-state index in [4.69, 9.17) is 0 Å². The summed E-state index contributed by atoms with van der Waals surface area (Å²) in [5, 5.41) is 4.64. The average molecular weight is 316 g/mol. The van der Waals surface area contributed by atoms with Crippen molar-refractivity contribution in [2.24, 2.45) is 0 Å². The molecule has 0 radical (unpaired) electrons. The third kappa shape index (κ3) is 4.70. The highest BCUT2D eigenvalue weighted by atomic mass is 32.1. The number of hydrogen-bond acceptors (Lipinski definition) is 3. The fraction of sp³-hybridized carbons (Fsp3) is 0.294. The second-order valence-electron chi connectivity index (χ2n) is 4.88. The summed E-state index contributed by atoms with van der Waals surface area (Å²) in [5.41, 5.74) is 1.11. The minimum absolute atomic E-state index is 0.0535. The van der Waals surface area contributed by atoms with Crippen LogP contribution in [-0.4, -0.2) is 29.8 Å². The van der Waals surface area contributed by atoms with Crippen LogP contribution in [0, 0.1) is 0 Å². The molecule has 4 nitrogen and oxygen atoms in total. The Morgan fingerprint density at radius 2 is 1.91 bits per heavy atom. The largest absolute Gasteiger partial charge is 0.351 e. The van der Waals surface area contributed by atoms with Crippen molar-refractivity contribution in [2.45, 2.75) is 19.9 Å². The number of nitrogens with one attached hydrogen (secondary N) is 1. The average Bonchev–Trinajstić information content (AvgIpc) is 3.08. The molecule has 0 aliphatic rings. The van der Waals surface area contributed by atoms with Crippen molar-refractivity contribution in [3.05, 3.63) is 58.3 Å². The normalized spacial score (nSPS) is 10.2. The van der Waals surface area contributed by atoms with E-state index in [1.807, 2.05) is 48.7 Å². The molecule has 1 N–H and O–H groups in total. The molecule has 2 rings (SSSR count). The maximum absolute atomic E-state index is 12.2. The zero-order valence-electron chi connectivity index (χ0n) is 12.6. The minimum Gasteiger partial charge on any atom is -0.351 e. The molecule has 0 atom stereocenters. The van der Waals surface area contributed by atoms with E-state index < -0.39 is 0 Å². The topological polar surface area (TPSA) is 49.4 Å². The van der Waals surface area contributed by atoms with Crippen molar-refractivity contribution in [2.75, 3.05) is 13.1 Å². The zero-order valence-corrected chi connectivity index (χ0v) is 13.4. The molecule has 22 heavy (non-hydrogen) atoms. The Balaban J connectivity index is 1.78. The van der Waals surface area contributed by atoms with E-state index in [1.54, 1.807) is 11.0 Å². The fourth-order valence-electron chi connectivity index (χ4n) is 2.12. The van der Waals surface area contributed by atoms with Gasteiger partial charge in [-0.15, -0.1) is 11.3 Å². The first-order valence-electron chi connectivity index (χ1n) is 7.34. The van der Waals surface area contributed by atoms with Gasteiger partial charge >= 0.3 is 0 Å². The number of hydrogen-bond donors (Lipinski definition) is 1. The van der Waals surface area contributed by atoms with Gasteiger partial charge in [-0.1, -0.05) is 36.4 Å². The summed E-state index contributed by atoms with van der Waals surface area (Å²) in [6.07, 6.45) is 0.317. The second-order valence-corrected chi connectivity index (χ2v) is 5.82. The number of nitrogens with zero attached hydrogens (tertiary/aromatic N) is 1. The second kappa shape index (κ2) is 8.34. The lowest BCUT2D eigenvalue weighted by molar-refractivity contribution is -0.131. The highest BCUT2D eigenvalue weighted by Crippen LogP contribution is 2.08. The van der Waals surface area contributed by atoms with Crippen LogP contribution in [0.2, 0.25) is 0 Å². The lowest BCUT2D eigenvalue weighted by atomic mass is 10.2. The van der Waals surface area contributed by atoms with E-state index in [0.717, 1.165) is 5.56 Å². The SMILES string of the molecule is CCN(Cc1ccccc1)C(=O)CCNC(=O)c1cccs1. The fourth-order valence-corrected chi connectivity index (χ4v) is 2.76. The Kier molecular flexibility index (Phi) is 6.15. The van der Waals surface area contributed by atoms with Gasteiger partial charge in [0.25, 0.3) is 5.91 Å².